The van der Waals surface area contributed by atoms with Crippen LogP contribution in [0.25, 0.3) is 0 Å². The zero-order valence-electron chi connectivity index (χ0n) is 6.23. The van der Waals surface area contributed by atoms with Crippen LogP contribution in [0.4, 0.5) is 0 Å². The van der Waals surface area contributed by atoms with Crippen LogP contribution >= 0.6 is 0 Å². The van der Waals surface area contributed by atoms with E-state index in [2.05, 4.69) is 5.10 Å². The van der Waals surface area contributed by atoms with E-state index >= 15 is 0 Å². The van der Waals surface area contributed by atoms with Crippen molar-refractivity contribution in [1.82, 2.24) is 9.78 Å². The molecule has 0 aromatic carbocycles. The van der Waals surface area contributed by atoms with E-state index in [9.17, 15) is 0 Å². The van der Waals surface area contributed by atoms with Crippen LogP contribution in [0.2, 0.25) is 0 Å². The molecule has 11 heavy (non-hydrogen) atoms. The molecule has 4 nitrogen and oxygen atoms in total. The average Bonchev–Trinajstić information content (AvgIpc) is 2.35. The van der Waals surface area contributed by atoms with Gasteiger partial charge in [-0.1, -0.05) is 0 Å². The van der Waals surface area contributed by atoms with Gasteiger partial charge in [0.2, 0.25) is 0 Å². The number of hydrogen-bond donors (Lipinski definition) is 1. The van der Waals surface area contributed by atoms with Crippen molar-refractivity contribution in [2.24, 2.45) is 0 Å². The lowest BCUT2D eigenvalue weighted by atomic mass is 10.4. The summed E-state index contributed by atoms with van der Waals surface area (Å²) in [5, 5.41) is 21.1. The summed E-state index contributed by atoms with van der Waals surface area (Å²) in [6, 6.07) is 1.72. The molecule has 58 valence electrons. The van der Waals surface area contributed by atoms with Crippen LogP contribution in [0.15, 0.2) is 12.4 Å². The second-order valence-electron chi connectivity index (χ2n) is 2.38. The molecule has 1 N–H and O–H groups in total. The van der Waals surface area contributed by atoms with Crippen LogP contribution in [0.3, 0.4) is 0 Å². The minimum atomic E-state index is -0.964. The normalized spacial score (nSPS) is 12.5. The lowest BCUT2D eigenvalue weighted by molar-refractivity contribution is 0.202. The standard InChI is InChI=1S/C7H9N3O/c1-6-3-9-10(4-6)5-7(11)2-8/h3-4,7,11H,5H2,1H3. The molecule has 1 heterocycles. The van der Waals surface area contributed by atoms with Gasteiger partial charge in [0.05, 0.1) is 18.8 Å². The molecule has 0 spiro atoms. The highest BCUT2D eigenvalue weighted by Gasteiger charge is 2.02. The van der Waals surface area contributed by atoms with Crippen molar-refractivity contribution in [2.75, 3.05) is 0 Å². The molecule has 0 bridgehead atoms. The summed E-state index contributed by atoms with van der Waals surface area (Å²) in [6.07, 6.45) is 2.50. The molecule has 0 saturated heterocycles. The Morgan fingerprint density at radius 3 is 3.09 bits per heavy atom. The first-order valence-electron chi connectivity index (χ1n) is 3.29. The van der Waals surface area contributed by atoms with Gasteiger partial charge < -0.3 is 5.11 Å². The largest absolute Gasteiger partial charge is 0.376 e. The van der Waals surface area contributed by atoms with Crippen LogP contribution in [-0.2, 0) is 6.54 Å². The molecule has 0 aliphatic carbocycles. The summed E-state index contributed by atoms with van der Waals surface area (Å²) >= 11 is 0. The maximum absolute atomic E-state index is 8.90. The molecule has 0 radical (unpaired) electrons. The zero-order valence-corrected chi connectivity index (χ0v) is 6.23. The van der Waals surface area contributed by atoms with Crippen molar-refractivity contribution >= 4 is 0 Å². The number of aromatic nitrogens is 2. The molecule has 1 atom stereocenters. The molecule has 1 rings (SSSR count). The maximum Gasteiger partial charge on any atom is 0.159 e. The Kier molecular flexibility index (Phi) is 2.24. The Morgan fingerprint density at radius 2 is 2.64 bits per heavy atom. The first-order chi connectivity index (χ1) is 5.22. The molecular formula is C7H9N3O. The molecule has 0 fully saturated rings. The van der Waals surface area contributed by atoms with Crippen molar-refractivity contribution in [3.05, 3.63) is 18.0 Å². The van der Waals surface area contributed by atoms with Gasteiger partial charge in [-0.05, 0) is 12.5 Å². The number of rotatable bonds is 2. The summed E-state index contributed by atoms with van der Waals surface area (Å²) in [4.78, 5) is 0. The fraction of sp³-hybridized carbons (Fsp3) is 0.429. The first kappa shape index (κ1) is 7.76. The smallest absolute Gasteiger partial charge is 0.159 e. The van der Waals surface area contributed by atoms with Gasteiger partial charge in [0, 0.05) is 6.20 Å². The molecule has 0 aliphatic rings. The molecule has 0 saturated carbocycles. The van der Waals surface area contributed by atoms with Gasteiger partial charge >= 0.3 is 0 Å². The Balaban J connectivity index is 2.59. The van der Waals surface area contributed by atoms with Gasteiger partial charge in [-0.2, -0.15) is 10.4 Å². The predicted octanol–water partition coefficient (Wildman–Crippen LogP) is 0.0760. The second kappa shape index (κ2) is 3.17. The van der Waals surface area contributed by atoms with Gasteiger partial charge in [-0.3, -0.25) is 4.68 Å². The van der Waals surface area contributed by atoms with Crippen molar-refractivity contribution in [3.8, 4) is 6.07 Å². The van der Waals surface area contributed by atoms with E-state index in [0.717, 1.165) is 5.56 Å². The maximum atomic E-state index is 8.90. The second-order valence-corrected chi connectivity index (χ2v) is 2.38. The monoisotopic (exact) mass is 151 g/mol. The number of aliphatic hydroxyl groups excluding tert-OH is 1. The van der Waals surface area contributed by atoms with Crippen LogP contribution in [0.5, 0.6) is 0 Å². The van der Waals surface area contributed by atoms with Crippen LogP contribution in [-0.4, -0.2) is 21.0 Å². The van der Waals surface area contributed by atoms with E-state index in [0.29, 0.717) is 0 Å². The third-order valence-electron chi connectivity index (χ3n) is 1.27. The van der Waals surface area contributed by atoms with Crippen molar-refractivity contribution in [2.45, 2.75) is 19.6 Å². The fourth-order valence-electron chi connectivity index (χ4n) is 0.785. The average molecular weight is 151 g/mol. The van der Waals surface area contributed by atoms with Crippen molar-refractivity contribution < 1.29 is 5.11 Å². The van der Waals surface area contributed by atoms with E-state index in [1.54, 1.807) is 23.1 Å². The lowest BCUT2D eigenvalue weighted by Crippen LogP contribution is -2.13. The summed E-state index contributed by atoms with van der Waals surface area (Å²) in [6.45, 7) is 2.15. The number of aliphatic hydroxyl groups is 1. The van der Waals surface area contributed by atoms with E-state index in [-0.39, 0.29) is 6.54 Å². The molecule has 0 aliphatic heterocycles. The Hall–Kier alpha value is -1.34. The SMILES string of the molecule is Cc1cnn(CC(O)C#N)c1. The zero-order chi connectivity index (χ0) is 8.27. The van der Waals surface area contributed by atoms with Crippen LogP contribution in [0.1, 0.15) is 5.56 Å². The Morgan fingerprint density at radius 1 is 1.91 bits per heavy atom. The molecule has 0 amide bonds. The fourth-order valence-corrected chi connectivity index (χ4v) is 0.785. The lowest BCUT2D eigenvalue weighted by Gasteiger charge is -1.99. The summed E-state index contributed by atoms with van der Waals surface area (Å²) in [5.41, 5.74) is 1.02. The van der Waals surface area contributed by atoms with Crippen molar-refractivity contribution in [3.63, 3.8) is 0 Å². The summed E-state index contributed by atoms with van der Waals surface area (Å²) in [7, 11) is 0. The molecule has 4 heteroatoms. The number of nitriles is 1. The number of nitrogens with zero attached hydrogens (tertiary/aromatic N) is 3. The van der Waals surface area contributed by atoms with Gasteiger partial charge in [-0.25, -0.2) is 0 Å². The van der Waals surface area contributed by atoms with E-state index in [4.69, 9.17) is 10.4 Å². The summed E-state index contributed by atoms with van der Waals surface area (Å²) in [5.74, 6) is 0. The van der Waals surface area contributed by atoms with E-state index in [1.165, 1.54) is 0 Å². The third kappa shape index (κ3) is 2.06. The Bertz CT molecular complexity index is 273. The van der Waals surface area contributed by atoms with Crippen LogP contribution in [0, 0.1) is 18.3 Å². The highest BCUT2D eigenvalue weighted by Crippen LogP contribution is 1.95. The topological polar surface area (TPSA) is 61.8 Å². The van der Waals surface area contributed by atoms with Crippen molar-refractivity contribution in [1.29, 1.82) is 5.26 Å². The minimum absolute atomic E-state index is 0.240. The van der Waals surface area contributed by atoms with Gasteiger partial charge in [0.1, 0.15) is 0 Å². The highest BCUT2D eigenvalue weighted by atomic mass is 16.3. The quantitative estimate of drug-likeness (QED) is 0.609. The predicted molar refractivity (Wildman–Crippen MR) is 38.6 cm³/mol. The van der Waals surface area contributed by atoms with Crippen LogP contribution < -0.4 is 0 Å². The number of hydrogen-bond acceptors (Lipinski definition) is 3. The molecule has 1 aromatic heterocycles. The highest BCUT2D eigenvalue weighted by molar-refractivity contribution is 5.00. The Labute approximate surface area is 64.7 Å². The molecular weight excluding hydrogens is 142 g/mol. The molecule has 1 unspecified atom stereocenters. The van der Waals surface area contributed by atoms with Gasteiger partial charge in [-0.15, -0.1) is 0 Å². The van der Waals surface area contributed by atoms with E-state index in [1.807, 2.05) is 6.92 Å². The molecule has 1 aromatic rings. The van der Waals surface area contributed by atoms with E-state index < -0.39 is 6.10 Å². The summed E-state index contributed by atoms with van der Waals surface area (Å²) < 4.78 is 1.54. The van der Waals surface area contributed by atoms with Gasteiger partial charge in [0.15, 0.2) is 6.10 Å². The number of aryl methyl sites for hydroxylation is 1. The third-order valence-corrected chi connectivity index (χ3v) is 1.27. The first-order valence-corrected chi connectivity index (χ1v) is 3.29. The van der Waals surface area contributed by atoms with Gasteiger partial charge in [0.25, 0.3) is 0 Å². The minimum Gasteiger partial charge on any atom is -0.376 e.